The first kappa shape index (κ1) is 17.7. The standard InChI is InChI=1S/C16H26BO4P/c1-7-19-22(6,18)12-13-8-10-14(11-9-13)17-20-15(2,3)16(4,5)21-17/h8-11H,7,12H2,1-6H3. The maximum Gasteiger partial charge on any atom is 0.494 e. The van der Waals surface area contributed by atoms with Crippen molar-refractivity contribution in [3.8, 4) is 0 Å². The van der Waals surface area contributed by atoms with Gasteiger partial charge in [0.15, 0.2) is 0 Å². The van der Waals surface area contributed by atoms with Crippen LogP contribution < -0.4 is 5.46 Å². The molecule has 0 saturated carbocycles. The first-order valence-electron chi connectivity index (χ1n) is 7.72. The van der Waals surface area contributed by atoms with E-state index < -0.39 is 7.37 Å². The quantitative estimate of drug-likeness (QED) is 0.615. The summed E-state index contributed by atoms with van der Waals surface area (Å²) < 4.78 is 29.6. The maximum absolute atomic E-state index is 12.2. The molecule has 0 radical (unpaired) electrons. The summed E-state index contributed by atoms with van der Waals surface area (Å²) in [5, 5.41) is 0. The second-order valence-corrected chi connectivity index (χ2v) is 9.52. The van der Waals surface area contributed by atoms with Crippen molar-refractivity contribution >= 4 is 20.0 Å². The Labute approximate surface area is 134 Å². The van der Waals surface area contributed by atoms with Crippen LogP contribution in [0.25, 0.3) is 0 Å². The molecule has 2 rings (SSSR count). The zero-order chi connectivity index (χ0) is 16.6. The van der Waals surface area contributed by atoms with Crippen LogP contribution in [0.5, 0.6) is 0 Å². The summed E-state index contributed by atoms with van der Waals surface area (Å²) in [6, 6.07) is 7.89. The summed E-state index contributed by atoms with van der Waals surface area (Å²) >= 11 is 0. The molecular formula is C16H26BO4P. The highest BCUT2D eigenvalue weighted by molar-refractivity contribution is 7.57. The van der Waals surface area contributed by atoms with Crippen molar-refractivity contribution in [1.82, 2.24) is 0 Å². The van der Waals surface area contributed by atoms with Gasteiger partial charge in [0, 0.05) is 12.8 Å². The molecule has 4 nitrogen and oxygen atoms in total. The summed E-state index contributed by atoms with van der Waals surface area (Å²) in [5.74, 6) is 0. The van der Waals surface area contributed by atoms with Crippen LogP contribution in [0, 0.1) is 0 Å². The molecule has 0 amide bonds. The first-order chi connectivity index (χ1) is 10.1. The summed E-state index contributed by atoms with van der Waals surface area (Å²) in [7, 11) is -2.92. The second-order valence-electron chi connectivity index (χ2n) is 6.92. The molecule has 1 atom stereocenters. The zero-order valence-electron chi connectivity index (χ0n) is 14.4. The van der Waals surface area contributed by atoms with Gasteiger partial charge in [-0.1, -0.05) is 24.3 Å². The fraction of sp³-hybridized carbons (Fsp3) is 0.625. The largest absolute Gasteiger partial charge is 0.494 e. The van der Waals surface area contributed by atoms with E-state index in [2.05, 4.69) is 0 Å². The minimum absolute atomic E-state index is 0.343. The molecule has 0 aliphatic carbocycles. The van der Waals surface area contributed by atoms with Crippen LogP contribution in [0.2, 0.25) is 0 Å². The third kappa shape index (κ3) is 3.83. The summed E-state index contributed by atoms with van der Waals surface area (Å²) in [4.78, 5) is 0. The topological polar surface area (TPSA) is 44.8 Å². The van der Waals surface area contributed by atoms with Crippen LogP contribution in [0.4, 0.5) is 0 Å². The van der Waals surface area contributed by atoms with Gasteiger partial charge in [-0.2, -0.15) is 0 Å². The third-order valence-corrected chi connectivity index (χ3v) is 6.12. The average Bonchev–Trinajstić information content (AvgIpc) is 2.58. The lowest BCUT2D eigenvalue weighted by atomic mass is 9.79. The Bertz CT molecular complexity index is 552. The van der Waals surface area contributed by atoms with E-state index in [1.807, 2.05) is 58.9 Å². The van der Waals surface area contributed by atoms with Gasteiger partial charge in [0.05, 0.1) is 17.8 Å². The molecule has 6 heteroatoms. The maximum atomic E-state index is 12.2. The highest BCUT2D eigenvalue weighted by Gasteiger charge is 2.51. The van der Waals surface area contributed by atoms with Crippen molar-refractivity contribution in [1.29, 1.82) is 0 Å². The predicted molar refractivity (Wildman–Crippen MR) is 91.0 cm³/mol. The van der Waals surface area contributed by atoms with Crippen LogP contribution in [-0.2, 0) is 24.6 Å². The lowest BCUT2D eigenvalue weighted by Gasteiger charge is -2.32. The highest BCUT2D eigenvalue weighted by atomic mass is 31.2. The molecule has 1 saturated heterocycles. The fourth-order valence-corrected chi connectivity index (χ4v) is 3.92. The van der Waals surface area contributed by atoms with Gasteiger partial charge in [0.2, 0.25) is 7.37 Å². The number of hydrogen-bond donors (Lipinski definition) is 0. The Kier molecular flexibility index (Phi) is 4.94. The molecule has 122 valence electrons. The number of benzene rings is 1. The van der Waals surface area contributed by atoms with Crippen molar-refractivity contribution in [2.75, 3.05) is 13.3 Å². The Hall–Kier alpha value is -0.605. The molecule has 1 unspecified atom stereocenters. The van der Waals surface area contributed by atoms with Crippen molar-refractivity contribution in [2.45, 2.75) is 52.0 Å². The van der Waals surface area contributed by atoms with E-state index in [9.17, 15) is 4.57 Å². The number of rotatable bonds is 5. The molecule has 1 heterocycles. The summed E-state index contributed by atoms with van der Waals surface area (Å²) in [6.45, 7) is 12.2. The van der Waals surface area contributed by atoms with Gasteiger partial charge in [0.1, 0.15) is 0 Å². The van der Waals surface area contributed by atoms with Gasteiger partial charge in [-0.15, -0.1) is 0 Å². The highest BCUT2D eigenvalue weighted by Crippen LogP contribution is 2.45. The van der Waals surface area contributed by atoms with E-state index in [4.69, 9.17) is 13.8 Å². The Morgan fingerprint density at radius 2 is 1.59 bits per heavy atom. The molecule has 1 aliphatic rings. The lowest BCUT2D eigenvalue weighted by molar-refractivity contribution is 0.00578. The molecule has 1 aliphatic heterocycles. The van der Waals surface area contributed by atoms with Gasteiger partial charge in [-0.05, 0) is 45.6 Å². The lowest BCUT2D eigenvalue weighted by Crippen LogP contribution is -2.41. The minimum atomic E-state index is -2.56. The Morgan fingerprint density at radius 3 is 2.05 bits per heavy atom. The molecular weight excluding hydrogens is 298 g/mol. The van der Waals surface area contributed by atoms with Gasteiger partial charge in [-0.3, -0.25) is 4.57 Å². The Morgan fingerprint density at radius 1 is 1.09 bits per heavy atom. The van der Waals surface area contributed by atoms with Gasteiger partial charge in [0.25, 0.3) is 0 Å². The van der Waals surface area contributed by atoms with E-state index >= 15 is 0 Å². The van der Waals surface area contributed by atoms with Crippen LogP contribution in [0.3, 0.4) is 0 Å². The SMILES string of the molecule is CCOP(C)(=O)Cc1ccc(B2OC(C)(C)C(C)(C)O2)cc1. The van der Waals surface area contributed by atoms with Crippen molar-refractivity contribution in [2.24, 2.45) is 0 Å². The van der Waals surface area contributed by atoms with E-state index in [1.165, 1.54) is 0 Å². The van der Waals surface area contributed by atoms with Crippen LogP contribution >= 0.6 is 7.37 Å². The number of hydrogen-bond acceptors (Lipinski definition) is 4. The van der Waals surface area contributed by atoms with Gasteiger partial charge in [-0.25, -0.2) is 0 Å². The predicted octanol–water partition coefficient (Wildman–Crippen LogP) is 3.43. The summed E-state index contributed by atoms with van der Waals surface area (Å²) in [5.41, 5.74) is 1.29. The van der Waals surface area contributed by atoms with Crippen LogP contribution in [0.15, 0.2) is 24.3 Å². The van der Waals surface area contributed by atoms with Gasteiger partial charge < -0.3 is 13.8 Å². The molecule has 1 fully saturated rings. The molecule has 0 aromatic heterocycles. The minimum Gasteiger partial charge on any atom is -0.399 e. The summed E-state index contributed by atoms with van der Waals surface area (Å²) in [6.07, 6.45) is 0.449. The normalized spacial score (nSPS) is 22.5. The Balaban J connectivity index is 2.09. The van der Waals surface area contributed by atoms with E-state index in [0.717, 1.165) is 11.0 Å². The van der Waals surface area contributed by atoms with Crippen LogP contribution in [0.1, 0.15) is 40.2 Å². The molecule has 0 bridgehead atoms. The smallest absolute Gasteiger partial charge is 0.399 e. The average molecular weight is 324 g/mol. The molecule has 1 aromatic rings. The zero-order valence-corrected chi connectivity index (χ0v) is 15.3. The third-order valence-electron chi connectivity index (χ3n) is 4.38. The van der Waals surface area contributed by atoms with Crippen LogP contribution in [-0.4, -0.2) is 31.6 Å². The van der Waals surface area contributed by atoms with E-state index in [1.54, 1.807) is 6.66 Å². The first-order valence-corrected chi connectivity index (χ1v) is 9.97. The van der Waals surface area contributed by atoms with Gasteiger partial charge >= 0.3 is 7.12 Å². The van der Waals surface area contributed by atoms with Crippen molar-refractivity contribution < 1.29 is 18.4 Å². The van der Waals surface area contributed by atoms with Crippen molar-refractivity contribution in [3.63, 3.8) is 0 Å². The molecule has 22 heavy (non-hydrogen) atoms. The monoisotopic (exact) mass is 324 g/mol. The van der Waals surface area contributed by atoms with E-state index in [-0.39, 0.29) is 18.3 Å². The second kappa shape index (κ2) is 6.12. The fourth-order valence-electron chi connectivity index (χ4n) is 2.41. The molecule has 0 spiro atoms. The molecule has 0 N–H and O–H groups in total. The van der Waals surface area contributed by atoms with Crippen molar-refractivity contribution in [3.05, 3.63) is 29.8 Å². The van der Waals surface area contributed by atoms with E-state index in [0.29, 0.717) is 12.8 Å². The molecule has 1 aromatic carbocycles.